The number of carbonyl (C=O) groups is 1. The van der Waals surface area contributed by atoms with Crippen molar-refractivity contribution in [2.24, 2.45) is 0 Å². The molecule has 122 valence electrons. The first-order chi connectivity index (χ1) is 10.5. The van der Waals surface area contributed by atoms with Gasteiger partial charge in [0, 0.05) is 38.6 Å². The number of aryl methyl sites for hydroxylation is 2. The zero-order valence-electron chi connectivity index (χ0n) is 14.1. The number of nitrogens with zero attached hydrogens (tertiary/aromatic N) is 2. The molecule has 0 aliphatic carbocycles. The molecule has 1 atom stereocenters. The van der Waals surface area contributed by atoms with Gasteiger partial charge in [-0.3, -0.25) is 4.79 Å². The molecule has 0 aromatic heterocycles. The number of benzene rings is 1. The lowest BCUT2D eigenvalue weighted by Crippen LogP contribution is -2.51. The van der Waals surface area contributed by atoms with Crippen LogP contribution in [-0.2, 0) is 11.2 Å². The van der Waals surface area contributed by atoms with Crippen LogP contribution in [0.15, 0.2) is 24.3 Å². The highest BCUT2D eigenvalue weighted by atomic mass is 16.1. The fourth-order valence-corrected chi connectivity index (χ4v) is 3.00. The predicted molar refractivity (Wildman–Crippen MR) is 91.0 cm³/mol. The third-order valence-electron chi connectivity index (χ3n) is 4.45. The molecule has 1 aromatic carbocycles. The summed E-state index contributed by atoms with van der Waals surface area (Å²) in [6.45, 7) is 5.99. The minimum atomic E-state index is 0.177. The largest absolute Gasteiger partial charge is 0.356 e. The fourth-order valence-electron chi connectivity index (χ4n) is 3.00. The standard InChI is InChI=1S/C18H29N3O/c1-15-6-4-7-16(12-15)8-5-9-19-18(22)13-17-14-20(2)10-11-21(17)3/h4,6-7,12,17H,5,8-11,13-14H2,1-3H3,(H,19,22)/t17-/m0/s1. The van der Waals surface area contributed by atoms with Crippen LogP contribution >= 0.6 is 0 Å². The zero-order valence-corrected chi connectivity index (χ0v) is 14.1. The van der Waals surface area contributed by atoms with Gasteiger partial charge in [0.2, 0.25) is 5.91 Å². The normalized spacial score (nSPS) is 20.0. The highest BCUT2D eigenvalue weighted by Crippen LogP contribution is 2.09. The van der Waals surface area contributed by atoms with Gasteiger partial charge in [-0.25, -0.2) is 0 Å². The van der Waals surface area contributed by atoms with Gasteiger partial charge in [0.25, 0.3) is 0 Å². The maximum atomic E-state index is 12.1. The maximum Gasteiger partial charge on any atom is 0.221 e. The van der Waals surface area contributed by atoms with E-state index < -0.39 is 0 Å². The molecular formula is C18H29N3O. The summed E-state index contributed by atoms with van der Waals surface area (Å²) in [6, 6.07) is 8.92. The van der Waals surface area contributed by atoms with Crippen LogP contribution in [-0.4, -0.2) is 62.0 Å². The van der Waals surface area contributed by atoms with E-state index in [0.717, 1.165) is 39.0 Å². The number of rotatable bonds is 6. The second-order valence-corrected chi connectivity index (χ2v) is 6.54. The van der Waals surface area contributed by atoms with Gasteiger partial charge in [-0.05, 0) is 39.4 Å². The van der Waals surface area contributed by atoms with Crippen molar-refractivity contribution >= 4 is 5.91 Å². The molecule has 1 fully saturated rings. The van der Waals surface area contributed by atoms with Crippen LogP contribution in [0.5, 0.6) is 0 Å². The second kappa shape index (κ2) is 8.30. The van der Waals surface area contributed by atoms with Crippen molar-refractivity contribution in [3.63, 3.8) is 0 Å². The number of likely N-dealkylation sites (N-methyl/N-ethyl adjacent to an activating group) is 2. The van der Waals surface area contributed by atoms with E-state index in [1.807, 2.05) is 0 Å². The molecular weight excluding hydrogens is 274 g/mol. The summed E-state index contributed by atoms with van der Waals surface area (Å²) in [4.78, 5) is 16.7. The molecule has 1 saturated heterocycles. The smallest absolute Gasteiger partial charge is 0.221 e. The Morgan fingerprint density at radius 3 is 2.91 bits per heavy atom. The Bertz CT molecular complexity index is 489. The Balaban J connectivity index is 1.65. The van der Waals surface area contributed by atoms with Gasteiger partial charge in [-0.2, -0.15) is 0 Å². The predicted octanol–water partition coefficient (Wildman–Crippen LogP) is 1.68. The zero-order chi connectivity index (χ0) is 15.9. The molecule has 1 heterocycles. The molecule has 1 N–H and O–H groups in total. The Morgan fingerprint density at radius 2 is 2.14 bits per heavy atom. The third-order valence-corrected chi connectivity index (χ3v) is 4.45. The van der Waals surface area contributed by atoms with Crippen molar-refractivity contribution in [2.75, 3.05) is 40.3 Å². The molecule has 1 aliphatic heterocycles. The minimum absolute atomic E-state index is 0.177. The average Bonchev–Trinajstić information content (AvgIpc) is 2.48. The van der Waals surface area contributed by atoms with Crippen molar-refractivity contribution in [3.8, 4) is 0 Å². The summed E-state index contributed by atoms with van der Waals surface area (Å²) in [7, 11) is 4.24. The topological polar surface area (TPSA) is 35.6 Å². The number of piperazine rings is 1. The molecule has 1 amide bonds. The highest BCUT2D eigenvalue weighted by molar-refractivity contribution is 5.76. The molecule has 1 aliphatic rings. The lowest BCUT2D eigenvalue weighted by Gasteiger charge is -2.37. The van der Waals surface area contributed by atoms with Crippen LogP contribution in [0.4, 0.5) is 0 Å². The number of amides is 1. The van der Waals surface area contributed by atoms with E-state index in [1.54, 1.807) is 0 Å². The fraction of sp³-hybridized carbons (Fsp3) is 0.611. The summed E-state index contributed by atoms with van der Waals surface area (Å²) in [5.41, 5.74) is 2.65. The molecule has 0 bridgehead atoms. The van der Waals surface area contributed by atoms with Crippen molar-refractivity contribution in [1.82, 2.24) is 15.1 Å². The van der Waals surface area contributed by atoms with Crippen LogP contribution in [0.3, 0.4) is 0 Å². The van der Waals surface area contributed by atoms with E-state index in [-0.39, 0.29) is 5.91 Å². The first-order valence-electron chi connectivity index (χ1n) is 8.25. The molecule has 4 nitrogen and oxygen atoms in total. The van der Waals surface area contributed by atoms with Crippen LogP contribution in [0.2, 0.25) is 0 Å². The summed E-state index contributed by atoms with van der Waals surface area (Å²) >= 11 is 0. The first kappa shape index (κ1) is 17.0. The quantitative estimate of drug-likeness (QED) is 0.812. The summed E-state index contributed by atoms with van der Waals surface area (Å²) < 4.78 is 0. The van der Waals surface area contributed by atoms with Crippen LogP contribution < -0.4 is 5.32 Å². The van der Waals surface area contributed by atoms with Crippen molar-refractivity contribution in [3.05, 3.63) is 35.4 Å². The molecule has 1 aromatic rings. The number of carbonyl (C=O) groups excluding carboxylic acids is 1. The van der Waals surface area contributed by atoms with Gasteiger partial charge in [0.1, 0.15) is 0 Å². The number of nitrogens with one attached hydrogen (secondary N) is 1. The number of hydrogen-bond acceptors (Lipinski definition) is 3. The molecule has 0 radical (unpaired) electrons. The summed E-state index contributed by atoms with van der Waals surface area (Å²) in [5, 5.41) is 3.07. The highest BCUT2D eigenvalue weighted by Gasteiger charge is 2.24. The lowest BCUT2D eigenvalue weighted by molar-refractivity contribution is -0.122. The lowest BCUT2D eigenvalue weighted by atomic mass is 10.1. The van der Waals surface area contributed by atoms with Gasteiger partial charge in [0.05, 0.1) is 0 Å². The second-order valence-electron chi connectivity index (χ2n) is 6.54. The maximum absolute atomic E-state index is 12.1. The van der Waals surface area contributed by atoms with Gasteiger partial charge in [-0.15, -0.1) is 0 Å². The Hall–Kier alpha value is -1.39. The Morgan fingerprint density at radius 1 is 1.32 bits per heavy atom. The van der Waals surface area contributed by atoms with Gasteiger partial charge >= 0.3 is 0 Å². The van der Waals surface area contributed by atoms with Crippen molar-refractivity contribution < 1.29 is 4.79 Å². The SMILES string of the molecule is Cc1cccc(CCCNC(=O)C[C@H]2CN(C)CCN2C)c1. The summed E-state index contributed by atoms with van der Waals surface area (Å²) in [5.74, 6) is 0.177. The third kappa shape index (κ3) is 5.43. The monoisotopic (exact) mass is 303 g/mol. The van der Waals surface area contributed by atoms with Gasteiger partial charge < -0.3 is 15.1 Å². The minimum Gasteiger partial charge on any atom is -0.356 e. The van der Waals surface area contributed by atoms with E-state index in [9.17, 15) is 4.79 Å². The Labute approximate surface area is 134 Å². The van der Waals surface area contributed by atoms with Crippen molar-refractivity contribution in [2.45, 2.75) is 32.2 Å². The molecule has 4 heteroatoms. The van der Waals surface area contributed by atoms with E-state index in [2.05, 4.69) is 60.4 Å². The molecule has 0 spiro atoms. The van der Waals surface area contributed by atoms with E-state index in [0.29, 0.717) is 12.5 Å². The number of hydrogen-bond donors (Lipinski definition) is 1. The Kier molecular flexibility index (Phi) is 6.40. The van der Waals surface area contributed by atoms with E-state index >= 15 is 0 Å². The average molecular weight is 303 g/mol. The summed E-state index contributed by atoms with van der Waals surface area (Å²) in [6.07, 6.45) is 2.62. The first-order valence-corrected chi connectivity index (χ1v) is 8.25. The van der Waals surface area contributed by atoms with Crippen LogP contribution in [0, 0.1) is 6.92 Å². The molecule has 0 unspecified atom stereocenters. The van der Waals surface area contributed by atoms with E-state index in [4.69, 9.17) is 0 Å². The van der Waals surface area contributed by atoms with E-state index in [1.165, 1.54) is 11.1 Å². The van der Waals surface area contributed by atoms with Crippen LogP contribution in [0.1, 0.15) is 24.0 Å². The molecule has 0 saturated carbocycles. The molecule has 22 heavy (non-hydrogen) atoms. The van der Waals surface area contributed by atoms with Gasteiger partial charge in [-0.1, -0.05) is 29.8 Å². The van der Waals surface area contributed by atoms with Crippen molar-refractivity contribution in [1.29, 1.82) is 0 Å². The molecule has 2 rings (SSSR count). The van der Waals surface area contributed by atoms with Crippen LogP contribution in [0.25, 0.3) is 0 Å². The van der Waals surface area contributed by atoms with Gasteiger partial charge in [0.15, 0.2) is 0 Å².